The second kappa shape index (κ2) is 4.11. The molecule has 94 valence electrons. The topological polar surface area (TPSA) is 76.0 Å². The molecule has 0 aliphatic heterocycles. The lowest BCUT2D eigenvalue weighted by Crippen LogP contribution is -2.25. The number of nitrogens with zero attached hydrogens (tertiary/aromatic N) is 1. The second-order valence-electron chi connectivity index (χ2n) is 2.87. The van der Waals surface area contributed by atoms with Gasteiger partial charge in [0, 0.05) is 11.6 Å². The van der Waals surface area contributed by atoms with E-state index in [0.29, 0.717) is 0 Å². The molecule has 0 radical (unpaired) electrons. The summed E-state index contributed by atoms with van der Waals surface area (Å²) in [4.78, 5) is 21.1. The van der Waals surface area contributed by atoms with Crippen molar-refractivity contribution in [3.63, 3.8) is 0 Å². The monoisotopic (exact) mass is 258 g/mol. The molecule has 10 heteroatoms. The zero-order valence-corrected chi connectivity index (χ0v) is 7.72. The van der Waals surface area contributed by atoms with Gasteiger partial charge in [-0.2, -0.15) is 13.2 Å². The van der Waals surface area contributed by atoms with Gasteiger partial charge in [0.15, 0.2) is 5.56 Å². The number of rotatable bonds is 2. The van der Waals surface area contributed by atoms with Gasteiger partial charge in [-0.1, -0.05) is 0 Å². The van der Waals surface area contributed by atoms with Crippen LogP contribution in [0.3, 0.4) is 0 Å². The number of H-pyrrole nitrogens is 1. The summed E-state index contributed by atoms with van der Waals surface area (Å²) in [6.07, 6.45) is -8.96. The Bertz CT molecular complexity index is 507. The first kappa shape index (κ1) is 13.1. The molecule has 1 heterocycles. The minimum Gasteiger partial charge on any atom is -0.358 e. The molecule has 1 rings (SSSR count). The number of pyridine rings is 1. The molecule has 0 atom stereocenters. The molecule has 1 aromatic rings. The van der Waals surface area contributed by atoms with E-state index in [2.05, 4.69) is 0 Å². The SMILES string of the molecule is O=c1[nH]c([N+](=O)[O-])cc(C(F)F)c1C(F)(F)F. The van der Waals surface area contributed by atoms with Crippen LogP contribution in [0.25, 0.3) is 0 Å². The van der Waals surface area contributed by atoms with Gasteiger partial charge in [0.25, 0.3) is 6.43 Å². The lowest BCUT2D eigenvalue weighted by Gasteiger charge is -2.09. The first-order chi connectivity index (χ1) is 7.64. The fourth-order valence-electron chi connectivity index (χ4n) is 1.13. The fraction of sp³-hybridized carbons (Fsp3) is 0.286. The highest BCUT2D eigenvalue weighted by molar-refractivity contribution is 5.35. The average molecular weight is 258 g/mol. The number of alkyl halides is 5. The summed E-state index contributed by atoms with van der Waals surface area (Å²) >= 11 is 0. The summed E-state index contributed by atoms with van der Waals surface area (Å²) in [5, 5.41) is 10.2. The Balaban J connectivity index is 3.62. The third kappa shape index (κ3) is 2.57. The van der Waals surface area contributed by atoms with Gasteiger partial charge in [0.1, 0.15) is 0 Å². The first-order valence-corrected chi connectivity index (χ1v) is 3.91. The van der Waals surface area contributed by atoms with E-state index in [1.807, 2.05) is 0 Å². The zero-order valence-electron chi connectivity index (χ0n) is 7.72. The molecular weight excluding hydrogens is 255 g/mol. The molecule has 0 unspecified atom stereocenters. The van der Waals surface area contributed by atoms with Crippen LogP contribution >= 0.6 is 0 Å². The van der Waals surface area contributed by atoms with Crippen LogP contribution in [-0.4, -0.2) is 9.91 Å². The van der Waals surface area contributed by atoms with E-state index in [1.54, 1.807) is 0 Å². The van der Waals surface area contributed by atoms with Crippen LogP contribution in [0.4, 0.5) is 27.8 Å². The van der Waals surface area contributed by atoms with Gasteiger partial charge in [-0.3, -0.25) is 0 Å². The van der Waals surface area contributed by atoms with Crippen LogP contribution in [0.15, 0.2) is 10.9 Å². The average Bonchev–Trinajstić information content (AvgIpc) is 2.13. The number of aromatic nitrogens is 1. The molecule has 0 fully saturated rings. The van der Waals surface area contributed by atoms with Crippen LogP contribution in [0.2, 0.25) is 0 Å². The molecule has 1 N–H and O–H groups in total. The highest BCUT2D eigenvalue weighted by Gasteiger charge is 2.41. The summed E-state index contributed by atoms with van der Waals surface area (Å²) in [6, 6.07) is -0.00507. The van der Waals surface area contributed by atoms with Gasteiger partial charge >= 0.3 is 17.6 Å². The fourth-order valence-corrected chi connectivity index (χ4v) is 1.13. The van der Waals surface area contributed by atoms with E-state index in [1.165, 1.54) is 4.98 Å². The number of halogens is 5. The van der Waals surface area contributed by atoms with Gasteiger partial charge in [-0.15, -0.1) is 0 Å². The highest BCUT2D eigenvalue weighted by atomic mass is 19.4. The lowest BCUT2D eigenvalue weighted by molar-refractivity contribution is -0.389. The van der Waals surface area contributed by atoms with Gasteiger partial charge in [0.2, 0.25) is 0 Å². The normalized spacial score (nSPS) is 11.9. The molecular formula is C7H3F5N2O3. The van der Waals surface area contributed by atoms with Crippen LogP contribution in [0, 0.1) is 10.1 Å². The van der Waals surface area contributed by atoms with Crippen molar-refractivity contribution in [2.75, 3.05) is 0 Å². The molecule has 0 aliphatic rings. The van der Waals surface area contributed by atoms with Crippen molar-refractivity contribution in [2.45, 2.75) is 12.6 Å². The molecule has 5 nitrogen and oxygen atoms in total. The van der Waals surface area contributed by atoms with E-state index >= 15 is 0 Å². The van der Waals surface area contributed by atoms with Crippen LogP contribution in [-0.2, 0) is 6.18 Å². The summed E-state index contributed by atoms with van der Waals surface area (Å²) in [7, 11) is 0. The quantitative estimate of drug-likeness (QED) is 0.502. The largest absolute Gasteiger partial charge is 0.424 e. The van der Waals surface area contributed by atoms with E-state index in [9.17, 15) is 36.9 Å². The van der Waals surface area contributed by atoms with Crippen molar-refractivity contribution >= 4 is 5.82 Å². The third-order valence-electron chi connectivity index (χ3n) is 1.76. The van der Waals surface area contributed by atoms with Crippen LogP contribution < -0.4 is 5.56 Å². The van der Waals surface area contributed by atoms with E-state index in [-0.39, 0.29) is 6.07 Å². The van der Waals surface area contributed by atoms with Crippen LogP contribution in [0.1, 0.15) is 17.6 Å². The molecule has 0 spiro atoms. The summed E-state index contributed by atoms with van der Waals surface area (Å²) in [6.45, 7) is 0. The number of hydrogen-bond acceptors (Lipinski definition) is 3. The molecule has 1 aromatic heterocycles. The predicted octanol–water partition coefficient (Wildman–Crippen LogP) is 2.24. The minimum atomic E-state index is -5.31. The van der Waals surface area contributed by atoms with Gasteiger partial charge in [-0.25, -0.2) is 18.6 Å². The molecule has 0 saturated heterocycles. The van der Waals surface area contributed by atoms with Crippen molar-refractivity contribution in [1.82, 2.24) is 4.98 Å². The summed E-state index contributed by atoms with van der Waals surface area (Å²) in [5.74, 6) is -1.22. The first-order valence-electron chi connectivity index (χ1n) is 3.91. The summed E-state index contributed by atoms with van der Waals surface area (Å²) < 4.78 is 61.4. The van der Waals surface area contributed by atoms with Crippen molar-refractivity contribution < 1.29 is 26.9 Å². The Morgan fingerprint density at radius 3 is 2.24 bits per heavy atom. The van der Waals surface area contributed by atoms with Crippen molar-refractivity contribution in [3.8, 4) is 0 Å². The Morgan fingerprint density at radius 2 is 1.88 bits per heavy atom. The van der Waals surface area contributed by atoms with E-state index in [0.717, 1.165) is 0 Å². The number of aromatic amines is 1. The standard InChI is InChI=1S/C7H3F5N2O3/c8-5(9)2-1-3(14(16)17)13-6(15)4(2)7(10,11)12/h1,5H,(H,13,15). The third-order valence-corrected chi connectivity index (χ3v) is 1.76. The number of nitrogens with one attached hydrogen (secondary N) is 1. The molecule has 0 aromatic carbocycles. The maximum atomic E-state index is 12.3. The molecule has 0 amide bonds. The predicted molar refractivity (Wildman–Crippen MR) is 43.7 cm³/mol. The van der Waals surface area contributed by atoms with Crippen molar-refractivity contribution in [2.24, 2.45) is 0 Å². The molecule has 0 bridgehead atoms. The lowest BCUT2D eigenvalue weighted by atomic mass is 10.1. The van der Waals surface area contributed by atoms with Gasteiger partial charge < -0.3 is 10.1 Å². The Morgan fingerprint density at radius 1 is 1.35 bits per heavy atom. The highest BCUT2D eigenvalue weighted by Crippen LogP contribution is 2.34. The second-order valence-corrected chi connectivity index (χ2v) is 2.87. The summed E-state index contributed by atoms with van der Waals surface area (Å²) in [5.41, 5.74) is -5.81. The van der Waals surface area contributed by atoms with Gasteiger partial charge in [0.05, 0.1) is 0 Å². The Kier molecular flexibility index (Phi) is 3.16. The molecule has 0 aliphatic carbocycles. The number of nitro groups is 1. The van der Waals surface area contributed by atoms with Crippen molar-refractivity contribution in [3.05, 3.63) is 37.7 Å². The molecule has 17 heavy (non-hydrogen) atoms. The van der Waals surface area contributed by atoms with E-state index in [4.69, 9.17) is 0 Å². The molecule has 0 saturated carbocycles. The minimum absolute atomic E-state index is 0.00507. The van der Waals surface area contributed by atoms with E-state index < -0.39 is 40.0 Å². The maximum Gasteiger partial charge on any atom is 0.424 e. The Labute approximate surface area is 89.0 Å². The Hall–Kier alpha value is -2.00. The van der Waals surface area contributed by atoms with Crippen molar-refractivity contribution in [1.29, 1.82) is 0 Å². The maximum absolute atomic E-state index is 12.3. The number of hydrogen-bond donors (Lipinski definition) is 1. The van der Waals surface area contributed by atoms with Gasteiger partial charge in [-0.05, 0) is 4.92 Å². The van der Waals surface area contributed by atoms with Crippen LogP contribution in [0.5, 0.6) is 0 Å². The smallest absolute Gasteiger partial charge is 0.358 e. The zero-order chi connectivity index (χ0) is 13.4.